The summed E-state index contributed by atoms with van der Waals surface area (Å²) in [5, 5.41) is 8.55. The number of nitriles is 1. The van der Waals surface area contributed by atoms with Crippen molar-refractivity contribution in [1.82, 2.24) is 0 Å². The van der Waals surface area contributed by atoms with Crippen molar-refractivity contribution >= 4 is 22.5 Å². The van der Waals surface area contributed by atoms with Crippen molar-refractivity contribution in [2.75, 3.05) is 0 Å². The summed E-state index contributed by atoms with van der Waals surface area (Å²) >= 11 is 4.02. The Bertz CT molecular complexity index is 304. The highest BCUT2D eigenvalue weighted by Crippen LogP contribution is 2.20. The molecule has 0 radical (unpaired) electrons. The van der Waals surface area contributed by atoms with E-state index in [1.165, 1.54) is 10.8 Å². The predicted octanol–water partition coefficient (Wildman–Crippen LogP) is 2.86. The fraction of sp³-hybridized carbons (Fsp3) is 0.222. The van der Waals surface area contributed by atoms with Crippen molar-refractivity contribution in [2.45, 2.75) is 12.4 Å². The van der Waals surface area contributed by atoms with Gasteiger partial charge in [-0.25, -0.2) is 0 Å². The van der Waals surface area contributed by atoms with Gasteiger partial charge >= 0.3 is 0 Å². The van der Waals surface area contributed by atoms with Crippen molar-refractivity contribution < 1.29 is 4.74 Å². The van der Waals surface area contributed by atoms with Gasteiger partial charge in [0.1, 0.15) is 5.75 Å². The molecule has 0 saturated carbocycles. The minimum atomic E-state index is 0.0104. The lowest BCUT2D eigenvalue weighted by Gasteiger charge is -2.10. The zero-order valence-corrected chi connectivity index (χ0v) is 8.81. The first-order valence-corrected chi connectivity index (χ1v) is 5.66. The van der Waals surface area contributed by atoms with Crippen LogP contribution in [0.3, 0.4) is 0 Å². The molecular weight excluding hydrogens is 202 g/mol. The summed E-state index contributed by atoms with van der Waals surface area (Å²) in [4.78, 5) is 0. The smallest absolute Gasteiger partial charge is 0.151 e. The van der Waals surface area contributed by atoms with Crippen molar-refractivity contribution in [3.05, 3.63) is 29.8 Å². The lowest BCUT2D eigenvalue weighted by atomic mass is 10.2. The fourth-order valence-corrected chi connectivity index (χ4v) is 1.10. The number of thiol groups is 1. The van der Waals surface area contributed by atoms with Gasteiger partial charge in [-0.05, 0) is 31.2 Å². The molecular formula is C9H9NOS2. The molecule has 0 aromatic heterocycles. The Balaban J connectivity index is 2.65. The highest BCUT2D eigenvalue weighted by Gasteiger charge is 2.01. The van der Waals surface area contributed by atoms with Crippen LogP contribution in [-0.2, 0) is 0 Å². The van der Waals surface area contributed by atoms with Gasteiger partial charge in [-0.2, -0.15) is 5.26 Å². The maximum atomic E-state index is 8.55. The van der Waals surface area contributed by atoms with E-state index < -0.39 is 0 Å². The molecule has 0 saturated heterocycles. The zero-order valence-electron chi connectivity index (χ0n) is 7.10. The monoisotopic (exact) mass is 211 g/mol. The highest BCUT2D eigenvalue weighted by atomic mass is 33.1. The van der Waals surface area contributed by atoms with Crippen molar-refractivity contribution in [3.8, 4) is 11.8 Å². The Hall–Kier alpha value is -0.790. The Morgan fingerprint density at radius 2 is 2.08 bits per heavy atom. The topological polar surface area (TPSA) is 33.0 Å². The summed E-state index contributed by atoms with van der Waals surface area (Å²) in [7, 11) is 1.34. The van der Waals surface area contributed by atoms with Crippen LogP contribution < -0.4 is 4.74 Å². The van der Waals surface area contributed by atoms with Crippen molar-refractivity contribution in [1.29, 1.82) is 5.26 Å². The van der Waals surface area contributed by atoms with Gasteiger partial charge in [-0.1, -0.05) is 10.8 Å². The lowest BCUT2D eigenvalue weighted by molar-refractivity contribution is 0.309. The molecule has 1 unspecified atom stereocenters. The molecule has 0 aliphatic rings. The molecule has 1 aromatic rings. The minimum Gasteiger partial charge on any atom is -0.479 e. The van der Waals surface area contributed by atoms with Gasteiger partial charge in [0.2, 0.25) is 0 Å². The van der Waals surface area contributed by atoms with E-state index in [1.807, 2.05) is 13.0 Å². The summed E-state index contributed by atoms with van der Waals surface area (Å²) in [6, 6.07) is 9.05. The van der Waals surface area contributed by atoms with Gasteiger partial charge in [0.25, 0.3) is 0 Å². The number of rotatable bonds is 3. The van der Waals surface area contributed by atoms with Crippen LogP contribution in [0.4, 0.5) is 0 Å². The van der Waals surface area contributed by atoms with Crippen LogP contribution in [0.15, 0.2) is 24.3 Å². The molecule has 0 aliphatic carbocycles. The van der Waals surface area contributed by atoms with E-state index in [0.29, 0.717) is 5.56 Å². The third-order valence-corrected chi connectivity index (χ3v) is 2.72. The van der Waals surface area contributed by atoms with Gasteiger partial charge in [-0.15, -0.1) is 11.7 Å². The average Bonchev–Trinajstić information content (AvgIpc) is 2.19. The molecule has 0 spiro atoms. The first-order chi connectivity index (χ1) is 6.26. The Morgan fingerprint density at radius 1 is 1.46 bits per heavy atom. The Morgan fingerprint density at radius 3 is 2.54 bits per heavy atom. The lowest BCUT2D eigenvalue weighted by Crippen LogP contribution is -2.04. The maximum Gasteiger partial charge on any atom is 0.151 e. The van der Waals surface area contributed by atoms with Gasteiger partial charge in [-0.3, -0.25) is 0 Å². The van der Waals surface area contributed by atoms with Crippen LogP contribution in [-0.4, -0.2) is 5.44 Å². The second-order valence-electron chi connectivity index (χ2n) is 2.43. The molecule has 13 heavy (non-hydrogen) atoms. The van der Waals surface area contributed by atoms with Crippen LogP contribution in [0.5, 0.6) is 5.75 Å². The second kappa shape index (κ2) is 5.05. The van der Waals surface area contributed by atoms with E-state index in [4.69, 9.17) is 10.00 Å². The Labute approximate surface area is 86.7 Å². The molecule has 1 aromatic carbocycles. The highest BCUT2D eigenvalue weighted by molar-refractivity contribution is 8.68. The van der Waals surface area contributed by atoms with Crippen molar-refractivity contribution in [2.24, 2.45) is 0 Å². The van der Waals surface area contributed by atoms with Gasteiger partial charge < -0.3 is 4.74 Å². The molecule has 0 amide bonds. The summed E-state index contributed by atoms with van der Waals surface area (Å²) in [6.45, 7) is 1.91. The van der Waals surface area contributed by atoms with E-state index in [9.17, 15) is 0 Å². The number of nitrogens with zero attached hydrogens (tertiary/aromatic N) is 1. The molecule has 4 heteroatoms. The van der Waals surface area contributed by atoms with Crippen molar-refractivity contribution in [3.63, 3.8) is 0 Å². The van der Waals surface area contributed by atoms with Crippen LogP contribution in [0, 0.1) is 11.3 Å². The number of ether oxygens (including phenoxy) is 1. The molecule has 0 heterocycles. The first kappa shape index (κ1) is 10.3. The summed E-state index contributed by atoms with van der Waals surface area (Å²) < 4.78 is 5.44. The van der Waals surface area contributed by atoms with Gasteiger partial charge in [0.15, 0.2) is 5.44 Å². The van der Waals surface area contributed by atoms with Crippen LogP contribution in [0.1, 0.15) is 12.5 Å². The van der Waals surface area contributed by atoms with Crippen LogP contribution in [0.2, 0.25) is 0 Å². The molecule has 0 fully saturated rings. The SMILES string of the molecule is CC(Oc1ccc(C#N)cc1)SS. The average molecular weight is 211 g/mol. The minimum absolute atomic E-state index is 0.0104. The fourth-order valence-electron chi connectivity index (χ4n) is 0.821. The molecule has 0 N–H and O–H groups in total. The molecule has 2 nitrogen and oxygen atoms in total. The summed E-state index contributed by atoms with van der Waals surface area (Å²) in [5.41, 5.74) is 0.648. The largest absolute Gasteiger partial charge is 0.479 e. The normalized spacial score (nSPS) is 11.8. The van der Waals surface area contributed by atoms with E-state index in [-0.39, 0.29) is 5.44 Å². The number of hydrogen-bond acceptors (Lipinski definition) is 4. The third-order valence-electron chi connectivity index (χ3n) is 1.43. The maximum absolute atomic E-state index is 8.55. The molecule has 0 bridgehead atoms. The Kier molecular flexibility index (Phi) is 4.00. The quantitative estimate of drug-likeness (QED) is 0.474. The van der Waals surface area contributed by atoms with E-state index in [2.05, 4.69) is 11.7 Å². The van der Waals surface area contributed by atoms with Gasteiger partial charge in [0, 0.05) is 0 Å². The van der Waals surface area contributed by atoms with Gasteiger partial charge in [0.05, 0.1) is 11.6 Å². The molecule has 1 rings (SSSR count). The third kappa shape index (κ3) is 3.21. The van der Waals surface area contributed by atoms with E-state index >= 15 is 0 Å². The zero-order chi connectivity index (χ0) is 9.68. The standard InChI is InChI=1S/C9H9NOS2/c1-7(13-12)11-9-4-2-8(6-10)3-5-9/h2-5,7,12H,1H3. The van der Waals surface area contributed by atoms with Crippen LogP contribution >= 0.6 is 22.5 Å². The molecule has 1 atom stereocenters. The summed E-state index contributed by atoms with van der Waals surface area (Å²) in [6.07, 6.45) is 0. The predicted molar refractivity (Wildman–Crippen MR) is 57.8 cm³/mol. The second-order valence-corrected chi connectivity index (χ2v) is 3.93. The molecule has 68 valence electrons. The van der Waals surface area contributed by atoms with E-state index in [0.717, 1.165) is 5.75 Å². The van der Waals surface area contributed by atoms with Crippen LogP contribution in [0.25, 0.3) is 0 Å². The summed E-state index contributed by atoms with van der Waals surface area (Å²) in [5.74, 6) is 0.757. The van der Waals surface area contributed by atoms with E-state index in [1.54, 1.807) is 24.3 Å². The number of hydrogen-bond donors (Lipinski definition) is 1. The molecule has 0 aliphatic heterocycles. The first-order valence-electron chi connectivity index (χ1n) is 3.73. The number of benzene rings is 1.